The first kappa shape index (κ1) is 22.2. The Labute approximate surface area is 171 Å². The largest absolute Gasteiger partial charge is 0.482 e. The number of nitrogens with zero attached hydrogens (tertiary/aromatic N) is 1. The fourth-order valence-corrected chi connectivity index (χ4v) is 3.25. The van der Waals surface area contributed by atoms with E-state index >= 15 is 0 Å². The Morgan fingerprint density at radius 1 is 1.21 bits per heavy atom. The zero-order valence-corrected chi connectivity index (χ0v) is 17.4. The first-order valence-corrected chi connectivity index (χ1v) is 9.76. The fraction of sp³-hybridized carbons (Fsp3) is 0.409. The van der Waals surface area contributed by atoms with Gasteiger partial charge in [0.2, 0.25) is 0 Å². The Morgan fingerprint density at radius 3 is 2.54 bits per heavy atom. The predicted octanol–water partition coefficient (Wildman–Crippen LogP) is 3.88. The van der Waals surface area contributed by atoms with Crippen molar-refractivity contribution < 1.29 is 19.4 Å². The van der Waals surface area contributed by atoms with E-state index in [9.17, 15) is 9.90 Å². The maximum atomic E-state index is 11.1. The number of likely N-dealkylation sites (N-methyl/N-ethyl adjacent to an activating group) is 1. The van der Waals surface area contributed by atoms with Gasteiger partial charge in [-0.15, -0.1) is 0 Å². The molecule has 0 saturated heterocycles. The molecule has 2 unspecified atom stereocenters. The normalized spacial score (nSPS) is 13.2. The van der Waals surface area contributed by atoms with Gasteiger partial charge in [0.05, 0.1) is 13.2 Å². The van der Waals surface area contributed by atoms with Crippen molar-refractivity contribution in [3.05, 3.63) is 64.7 Å². The average Bonchev–Trinajstić information content (AvgIpc) is 2.70. The van der Waals surface area contributed by atoms with E-state index < -0.39 is 12.1 Å². The molecular formula is C22H28ClNO4. The van der Waals surface area contributed by atoms with Crippen LogP contribution in [0.4, 0.5) is 0 Å². The summed E-state index contributed by atoms with van der Waals surface area (Å²) in [4.78, 5) is 13.4. The molecule has 5 nitrogen and oxygen atoms in total. The van der Waals surface area contributed by atoms with Gasteiger partial charge in [0.15, 0.2) is 6.61 Å². The van der Waals surface area contributed by atoms with Crippen LogP contribution in [0.2, 0.25) is 5.02 Å². The number of ether oxygens (including phenoxy) is 2. The van der Waals surface area contributed by atoms with Gasteiger partial charge in [0, 0.05) is 17.6 Å². The monoisotopic (exact) mass is 405 g/mol. The summed E-state index contributed by atoms with van der Waals surface area (Å²) < 4.78 is 9.93. The van der Waals surface area contributed by atoms with Crippen LogP contribution in [0.5, 0.6) is 5.75 Å². The zero-order chi connectivity index (χ0) is 20.5. The van der Waals surface area contributed by atoms with Crippen molar-refractivity contribution in [1.82, 2.24) is 4.90 Å². The third-order valence-electron chi connectivity index (χ3n) is 4.71. The molecule has 0 aromatic heterocycles. The van der Waals surface area contributed by atoms with Crippen LogP contribution in [0, 0.1) is 0 Å². The van der Waals surface area contributed by atoms with Gasteiger partial charge in [-0.3, -0.25) is 4.90 Å². The van der Waals surface area contributed by atoms with E-state index in [1.807, 2.05) is 36.4 Å². The molecule has 0 aliphatic rings. The number of carbonyl (C=O) groups excluding carboxylic acids is 1. The molecule has 0 radical (unpaired) electrons. The lowest BCUT2D eigenvalue weighted by molar-refractivity contribution is -0.142. The van der Waals surface area contributed by atoms with E-state index in [0.717, 1.165) is 24.1 Å². The van der Waals surface area contributed by atoms with E-state index in [0.29, 0.717) is 17.3 Å². The Kier molecular flexibility index (Phi) is 8.77. The third kappa shape index (κ3) is 6.82. The molecule has 152 valence electrons. The number of hydrogen-bond acceptors (Lipinski definition) is 5. The molecule has 0 aliphatic carbocycles. The molecule has 0 spiro atoms. The number of benzene rings is 2. The topological polar surface area (TPSA) is 59.0 Å². The highest BCUT2D eigenvalue weighted by atomic mass is 35.5. The van der Waals surface area contributed by atoms with Gasteiger partial charge in [-0.05, 0) is 55.3 Å². The van der Waals surface area contributed by atoms with Crippen molar-refractivity contribution >= 4 is 17.6 Å². The van der Waals surface area contributed by atoms with Crippen LogP contribution in [0.15, 0.2) is 48.5 Å². The smallest absolute Gasteiger partial charge is 0.343 e. The highest BCUT2D eigenvalue weighted by Gasteiger charge is 2.18. The maximum absolute atomic E-state index is 11.1. The van der Waals surface area contributed by atoms with Crippen molar-refractivity contribution in [1.29, 1.82) is 0 Å². The second-order valence-corrected chi connectivity index (χ2v) is 7.16. The summed E-state index contributed by atoms with van der Waals surface area (Å²) >= 11 is 6.03. The highest BCUT2D eigenvalue weighted by Crippen LogP contribution is 2.21. The van der Waals surface area contributed by atoms with Crippen molar-refractivity contribution in [2.45, 2.75) is 32.4 Å². The zero-order valence-electron chi connectivity index (χ0n) is 16.6. The molecule has 0 saturated carbocycles. The van der Waals surface area contributed by atoms with E-state index in [1.54, 1.807) is 12.1 Å². The molecule has 0 aliphatic heterocycles. The van der Waals surface area contributed by atoms with Crippen molar-refractivity contribution in [3.63, 3.8) is 0 Å². The van der Waals surface area contributed by atoms with E-state index in [2.05, 4.69) is 23.5 Å². The minimum Gasteiger partial charge on any atom is -0.482 e. The molecule has 6 heteroatoms. The van der Waals surface area contributed by atoms with Gasteiger partial charge < -0.3 is 14.6 Å². The minimum atomic E-state index is -0.588. The lowest BCUT2D eigenvalue weighted by Gasteiger charge is -2.30. The lowest BCUT2D eigenvalue weighted by atomic mass is 10.0. The molecule has 0 fully saturated rings. The molecular weight excluding hydrogens is 378 g/mol. The Morgan fingerprint density at radius 2 is 1.93 bits per heavy atom. The summed E-state index contributed by atoms with van der Waals surface area (Å²) in [6.45, 7) is 5.51. The van der Waals surface area contributed by atoms with Crippen LogP contribution in [0.1, 0.15) is 31.1 Å². The summed E-state index contributed by atoms with van der Waals surface area (Å²) in [5.41, 5.74) is 1.99. The van der Waals surface area contributed by atoms with Gasteiger partial charge in [-0.2, -0.15) is 0 Å². The highest BCUT2D eigenvalue weighted by molar-refractivity contribution is 6.30. The Balaban J connectivity index is 1.92. The summed E-state index contributed by atoms with van der Waals surface area (Å²) in [5.74, 6) is 0.222. The second-order valence-electron chi connectivity index (χ2n) is 6.72. The van der Waals surface area contributed by atoms with Crippen LogP contribution in [0.25, 0.3) is 0 Å². The van der Waals surface area contributed by atoms with Crippen LogP contribution in [-0.4, -0.2) is 48.8 Å². The average molecular weight is 406 g/mol. The number of rotatable bonds is 10. The first-order valence-electron chi connectivity index (χ1n) is 9.39. The molecule has 0 amide bonds. The number of esters is 1. The lowest BCUT2D eigenvalue weighted by Crippen LogP contribution is -2.37. The SMILES string of the molecule is CCN(CC(O)c1cccc(Cl)c1)C(C)Cc1ccc(OCC(=O)OC)cc1. The summed E-state index contributed by atoms with van der Waals surface area (Å²) in [7, 11) is 1.33. The summed E-state index contributed by atoms with van der Waals surface area (Å²) in [6, 6.07) is 15.3. The van der Waals surface area contributed by atoms with Crippen molar-refractivity contribution in [2.24, 2.45) is 0 Å². The van der Waals surface area contributed by atoms with Crippen LogP contribution in [-0.2, 0) is 16.0 Å². The first-order chi connectivity index (χ1) is 13.4. The number of halogens is 1. The van der Waals surface area contributed by atoms with Crippen molar-refractivity contribution in [3.8, 4) is 5.75 Å². The van der Waals surface area contributed by atoms with Gasteiger partial charge in [0.25, 0.3) is 0 Å². The molecule has 2 rings (SSSR count). The van der Waals surface area contributed by atoms with E-state index in [4.69, 9.17) is 16.3 Å². The predicted molar refractivity (Wildman–Crippen MR) is 111 cm³/mol. The quantitative estimate of drug-likeness (QED) is 0.608. The molecule has 2 aromatic rings. The maximum Gasteiger partial charge on any atom is 0.343 e. The standard InChI is InChI=1S/C22H28ClNO4/c1-4-24(14-21(25)18-6-5-7-19(23)13-18)16(2)12-17-8-10-20(11-9-17)28-15-22(26)27-3/h5-11,13,16,21,25H,4,12,14-15H2,1-3H3. The molecule has 2 atom stereocenters. The fourth-order valence-electron chi connectivity index (χ4n) is 3.06. The second kappa shape index (κ2) is 11.1. The number of methoxy groups -OCH3 is 1. The van der Waals surface area contributed by atoms with Crippen LogP contribution in [0.3, 0.4) is 0 Å². The third-order valence-corrected chi connectivity index (χ3v) is 4.94. The van der Waals surface area contributed by atoms with E-state index in [1.165, 1.54) is 7.11 Å². The van der Waals surface area contributed by atoms with Crippen molar-refractivity contribution in [2.75, 3.05) is 26.8 Å². The van der Waals surface area contributed by atoms with Gasteiger partial charge >= 0.3 is 5.97 Å². The Hall–Kier alpha value is -2.08. The Bertz CT molecular complexity index is 750. The van der Waals surface area contributed by atoms with Gasteiger partial charge in [-0.1, -0.05) is 42.8 Å². The molecule has 1 N–H and O–H groups in total. The number of aliphatic hydroxyl groups is 1. The number of carbonyl (C=O) groups is 1. The molecule has 0 bridgehead atoms. The number of aliphatic hydroxyl groups excluding tert-OH is 1. The summed E-state index contributed by atoms with van der Waals surface area (Å²) in [6.07, 6.45) is 0.253. The van der Waals surface area contributed by atoms with Crippen LogP contribution >= 0.6 is 11.6 Å². The van der Waals surface area contributed by atoms with E-state index in [-0.39, 0.29) is 12.6 Å². The van der Waals surface area contributed by atoms with Gasteiger partial charge in [0.1, 0.15) is 5.75 Å². The number of hydrogen-bond donors (Lipinski definition) is 1. The molecule has 2 aromatic carbocycles. The molecule has 0 heterocycles. The van der Waals surface area contributed by atoms with Gasteiger partial charge in [-0.25, -0.2) is 4.79 Å². The molecule has 28 heavy (non-hydrogen) atoms. The minimum absolute atomic E-state index is 0.0999. The van der Waals surface area contributed by atoms with Crippen LogP contribution < -0.4 is 4.74 Å². The summed E-state index contributed by atoms with van der Waals surface area (Å²) in [5, 5.41) is 11.2.